The Morgan fingerprint density at radius 1 is 1.24 bits per heavy atom. The van der Waals surface area contributed by atoms with E-state index in [1.807, 2.05) is 35.2 Å². The van der Waals surface area contributed by atoms with Crippen LogP contribution in [0.25, 0.3) is 0 Å². The number of nitrogens with zero attached hydrogens (tertiary/aromatic N) is 3. The fraction of sp³-hybridized carbons (Fsp3) is 0.577. The van der Waals surface area contributed by atoms with Gasteiger partial charge in [0.15, 0.2) is 0 Å². The van der Waals surface area contributed by atoms with Gasteiger partial charge in [0.2, 0.25) is 5.91 Å². The standard InChI is InChI=1S/C26H37N5O3/c1-19(20-7-3-2-4-8-20)15-24(32)30-13-11-26(34,12-14-30)17-31-18-28-23(16-25(31)33)29-22-10-6-5-9-21(22)27/h2-4,7-8,16,18-19,21-22,29,34H,5-6,9-15,17,27H2,1H3/t19-,21+,22-/m1/s1. The SMILES string of the molecule is C[C@H](CC(=O)N1CCC(O)(Cn2cnc(N[C@@H]3CCCC[C@@H]3N)cc2=O)CC1)c1ccccc1. The molecule has 8 heteroatoms. The summed E-state index contributed by atoms with van der Waals surface area (Å²) in [6.45, 7) is 3.20. The van der Waals surface area contributed by atoms with Crippen molar-refractivity contribution in [3.05, 3.63) is 58.6 Å². The van der Waals surface area contributed by atoms with Crippen LogP contribution in [-0.2, 0) is 11.3 Å². The van der Waals surface area contributed by atoms with Crippen molar-refractivity contribution >= 4 is 11.7 Å². The number of benzene rings is 1. The van der Waals surface area contributed by atoms with Crippen LogP contribution < -0.4 is 16.6 Å². The molecule has 1 aliphatic carbocycles. The van der Waals surface area contributed by atoms with E-state index in [1.54, 1.807) is 0 Å². The van der Waals surface area contributed by atoms with E-state index in [9.17, 15) is 14.7 Å². The Labute approximate surface area is 201 Å². The second-order valence-electron chi connectivity index (χ2n) is 10.1. The van der Waals surface area contributed by atoms with Crippen LogP contribution in [0, 0.1) is 0 Å². The predicted octanol–water partition coefficient (Wildman–Crippen LogP) is 2.47. The fourth-order valence-corrected chi connectivity index (χ4v) is 5.09. The number of hydrogen-bond acceptors (Lipinski definition) is 6. The third kappa shape index (κ3) is 6.04. The second-order valence-corrected chi connectivity index (χ2v) is 10.1. The lowest BCUT2D eigenvalue weighted by atomic mass is 9.90. The van der Waals surface area contributed by atoms with Crippen molar-refractivity contribution in [3.63, 3.8) is 0 Å². The zero-order valence-electron chi connectivity index (χ0n) is 20.0. The molecule has 2 fully saturated rings. The molecule has 4 N–H and O–H groups in total. The van der Waals surface area contributed by atoms with Crippen molar-refractivity contribution in [2.45, 2.75) is 82.0 Å². The third-order valence-electron chi connectivity index (χ3n) is 7.39. The molecule has 3 atom stereocenters. The fourth-order valence-electron chi connectivity index (χ4n) is 5.09. The summed E-state index contributed by atoms with van der Waals surface area (Å²) in [6.07, 6.45) is 7.03. The highest BCUT2D eigenvalue weighted by molar-refractivity contribution is 5.77. The third-order valence-corrected chi connectivity index (χ3v) is 7.39. The lowest BCUT2D eigenvalue weighted by Gasteiger charge is -2.38. The predicted molar refractivity (Wildman–Crippen MR) is 133 cm³/mol. The Morgan fingerprint density at radius 2 is 1.94 bits per heavy atom. The number of anilines is 1. The van der Waals surface area contributed by atoms with Crippen LogP contribution in [0.4, 0.5) is 5.82 Å². The maximum Gasteiger partial charge on any atom is 0.255 e. The van der Waals surface area contributed by atoms with Crippen LogP contribution in [0.3, 0.4) is 0 Å². The molecule has 0 spiro atoms. The van der Waals surface area contributed by atoms with E-state index in [1.165, 1.54) is 17.0 Å². The summed E-state index contributed by atoms with van der Waals surface area (Å²) in [5, 5.41) is 14.4. The number of hydrogen-bond donors (Lipinski definition) is 3. The van der Waals surface area contributed by atoms with E-state index in [-0.39, 0.29) is 36.0 Å². The number of rotatable bonds is 7. The van der Waals surface area contributed by atoms with Gasteiger partial charge in [-0.15, -0.1) is 0 Å². The van der Waals surface area contributed by atoms with Crippen molar-refractivity contribution in [3.8, 4) is 0 Å². The summed E-state index contributed by atoms with van der Waals surface area (Å²) < 4.78 is 1.46. The van der Waals surface area contributed by atoms with Crippen LogP contribution in [0.15, 0.2) is 47.5 Å². The van der Waals surface area contributed by atoms with E-state index in [4.69, 9.17) is 5.73 Å². The Balaban J connectivity index is 1.30. The van der Waals surface area contributed by atoms with Gasteiger partial charge in [0.05, 0.1) is 18.5 Å². The summed E-state index contributed by atoms with van der Waals surface area (Å²) in [5.74, 6) is 0.784. The summed E-state index contributed by atoms with van der Waals surface area (Å²) >= 11 is 0. The number of aliphatic hydroxyl groups is 1. The Kier molecular flexibility index (Phi) is 7.68. The van der Waals surface area contributed by atoms with Crippen LogP contribution in [0.1, 0.15) is 63.4 Å². The van der Waals surface area contributed by atoms with Crippen molar-refractivity contribution in [1.29, 1.82) is 0 Å². The van der Waals surface area contributed by atoms with E-state index >= 15 is 0 Å². The lowest BCUT2D eigenvalue weighted by molar-refractivity contribution is -0.136. The first-order valence-corrected chi connectivity index (χ1v) is 12.5. The van der Waals surface area contributed by atoms with Gasteiger partial charge in [-0.05, 0) is 37.2 Å². The highest BCUT2D eigenvalue weighted by Gasteiger charge is 2.35. The van der Waals surface area contributed by atoms with Crippen LogP contribution in [-0.4, -0.2) is 56.2 Å². The molecule has 1 amide bonds. The molecule has 4 rings (SSSR count). The average Bonchev–Trinajstić information content (AvgIpc) is 2.83. The Hall–Kier alpha value is -2.71. The molecule has 1 saturated carbocycles. The van der Waals surface area contributed by atoms with E-state index < -0.39 is 5.60 Å². The highest BCUT2D eigenvalue weighted by atomic mass is 16.3. The molecule has 1 saturated heterocycles. The number of piperidine rings is 1. The van der Waals surface area contributed by atoms with Gasteiger partial charge in [-0.3, -0.25) is 14.2 Å². The first kappa shape index (κ1) is 24.4. The first-order chi connectivity index (χ1) is 16.3. The number of amides is 1. The molecule has 1 aliphatic heterocycles. The van der Waals surface area contributed by atoms with Gasteiger partial charge in [-0.1, -0.05) is 50.1 Å². The highest BCUT2D eigenvalue weighted by Crippen LogP contribution is 2.26. The van der Waals surface area contributed by atoms with E-state index in [2.05, 4.69) is 17.2 Å². The molecule has 8 nitrogen and oxygen atoms in total. The number of likely N-dealkylation sites (tertiary alicyclic amines) is 1. The zero-order valence-corrected chi connectivity index (χ0v) is 20.0. The average molecular weight is 468 g/mol. The maximum absolute atomic E-state index is 12.8. The molecule has 0 radical (unpaired) electrons. The summed E-state index contributed by atoms with van der Waals surface area (Å²) in [7, 11) is 0. The number of nitrogens with two attached hydrogens (primary N) is 1. The topological polar surface area (TPSA) is 113 Å². The summed E-state index contributed by atoms with van der Waals surface area (Å²) in [5.41, 5.74) is 6.11. The number of carbonyl (C=O) groups is 1. The van der Waals surface area contributed by atoms with Gasteiger partial charge < -0.3 is 21.1 Å². The van der Waals surface area contributed by atoms with Crippen molar-refractivity contribution in [1.82, 2.24) is 14.5 Å². The number of nitrogens with one attached hydrogen (secondary N) is 1. The molecule has 0 bridgehead atoms. The van der Waals surface area contributed by atoms with Crippen LogP contribution in [0.2, 0.25) is 0 Å². The van der Waals surface area contributed by atoms with Crippen LogP contribution in [0.5, 0.6) is 0 Å². The molecule has 0 unspecified atom stereocenters. The largest absolute Gasteiger partial charge is 0.388 e. The van der Waals surface area contributed by atoms with Gasteiger partial charge in [0.1, 0.15) is 5.82 Å². The first-order valence-electron chi connectivity index (χ1n) is 12.5. The smallest absolute Gasteiger partial charge is 0.255 e. The van der Waals surface area contributed by atoms with Gasteiger partial charge in [-0.2, -0.15) is 0 Å². The molecule has 1 aromatic heterocycles. The van der Waals surface area contributed by atoms with Crippen molar-refractivity contribution < 1.29 is 9.90 Å². The van der Waals surface area contributed by atoms with E-state index in [0.29, 0.717) is 38.2 Å². The normalized spacial score (nSPS) is 23.3. The second kappa shape index (κ2) is 10.7. The van der Waals surface area contributed by atoms with Crippen molar-refractivity contribution in [2.75, 3.05) is 18.4 Å². The molecule has 2 aromatic rings. The minimum atomic E-state index is -1.03. The molecule has 2 heterocycles. The quantitative estimate of drug-likeness (QED) is 0.577. The number of aromatic nitrogens is 2. The van der Waals surface area contributed by atoms with Gasteiger partial charge in [0, 0.05) is 37.7 Å². The molecule has 34 heavy (non-hydrogen) atoms. The van der Waals surface area contributed by atoms with Crippen molar-refractivity contribution in [2.24, 2.45) is 5.73 Å². The van der Waals surface area contributed by atoms with E-state index in [0.717, 1.165) is 31.2 Å². The molecule has 2 aliphatic rings. The van der Waals surface area contributed by atoms with Gasteiger partial charge in [0.25, 0.3) is 5.56 Å². The monoisotopic (exact) mass is 467 g/mol. The molecular weight excluding hydrogens is 430 g/mol. The number of carbonyl (C=O) groups excluding carboxylic acids is 1. The molecule has 184 valence electrons. The Morgan fingerprint density at radius 3 is 2.62 bits per heavy atom. The molecular formula is C26H37N5O3. The minimum Gasteiger partial charge on any atom is -0.388 e. The Bertz CT molecular complexity index is 1020. The van der Waals surface area contributed by atoms with Gasteiger partial charge >= 0.3 is 0 Å². The summed E-state index contributed by atoms with van der Waals surface area (Å²) in [4.78, 5) is 31.7. The summed E-state index contributed by atoms with van der Waals surface area (Å²) in [6, 6.07) is 11.7. The molecule has 1 aromatic carbocycles. The van der Waals surface area contributed by atoms with Gasteiger partial charge in [-0.25, -0.2) is 4.98 Å². The maximum atomic E-state index is 12.8. The zero-order chi connectivity index (χ0) is 24.1. The lowest BCUT2D eigenvalue weighted by Crippen LogP contribution is -2.49. The van der Waals surface area contributed by atoms with Crippen LogP contribution >= 0.6 is 0 Å². The minimum absolute atomic E-state index is 0.0715.